The van der Waals surface area contributed by atoms with Crippen LogP contribution in [0.1, 0.15) is 31.7 Å². The number of aryl methyl sites for hydroxylation is 1. The molecule has 0 saturated heterocycles. The number of unbranched alkanes of at least 4 members (excludes halogenated alkanes) is 2. The van der Waals surface area contributed by atoms with Crippen LogP contribution >= 0.6 is 11.6 Å². The number of methoxy groups -OCH3 is 1. The summed E-state index contributed by atoms with van der Waals surface area (Å²) < 4.78 is 5.29. The van der Waals surface area contributed by atoms with Gasteiger partial charge in [0, 0.05) is 11.8 Å². The van der Waals surface area contributed by atoms with Crippen LogP contribution in [0.3, 0.4) is 0 Å². The van der Waals surface area contributed by atoms with Gasteiger partial charge < -0.3 is 4.74 Å². The van der Waals surface area contributed by atoms with Crippen molar-refractivity contribution in [1.82, 2.24) is 4.98 Å². The standard InChI is InChI=1S/C17H20ClNO/c1-3-4-5-6-13-7-9-14(10-8-13)16-11-15(18)12-19-17(16)20-2/h7-12H,3-6H2,1-2H3. The quantitative estimate of drug-likeness (QED) is 0.687. The lowest BCUT2D eigenvalue weighted by molar-refractivity contribution is 0.399. The molecule has 1 heterocycles. The Morgan fingerprint density at radius 3 is 2.55 bits per heavy atom. The van der Waals surface area contributed by atoms with Gasteiger partial charge >= 0.3 is 0 Å². The maximum absolute atomic E-state index is 6.02. The lowest BCUT2D eigenvalue weighted by Gasteiger charge is -2.09. The molecule has 0 fully saturated rings. The highest BCUT2D eigenvalue weighted by Gasteiger charge is 2.08. The third-order valence-corrected chi connectivity index (χ3v) is 3.55. The zero-order valence-electron chi connectivity index (χ0n) is 12.0. The lowest BCUT2D eigenvalue weighted by atomic mass is 10.0. The van der Waals surface area contributed by atoms with E-state index in [9.17, 15) is 0 Å². The third-order valence-electron chi connectivity index (χ3n) is 3.35. The van der Waals surface area contributed by atoms with Crippen molar-refractivity contribution >= 4 is 11.6 Å². The fraction of sp³-hybridized carbons (Fsp3) is 0.353. The van der Waals surface area contributed by atoms with Crippen LogP contribution in [0.5, 0.6) is 5.88 Å². The first-order chi connectivity index (χ1) is 9.74. The van der Waals surface area contributed by atoms with E-state index >= 15 is 0 Å². The molecule has 0 atom stereocenters. The molecule has 0 bridgehead atoms. The third kappa shape index (κ3) is 3.73. The fourth-order valence-corrected chi connectivity index (χ4v) is 2.38. The smallest absolute Gasteiger partial charge is 0.221 e. The van der Waals surface area contributed by atoms with Gasteiger partial charge in [-0.25, -0.2) is 4.98 Å². The zero-order valence-corrected chi connectivity index (χ0v) is 12.8. The molecule has 2 nitrogen and oxygen atoms in total. The first-order valence-corrected chi connectivity index (χ1v) is 7.41. The number of aromatic nitrogens is 1. The normalized spacial score (nSPS) is 10.6. The summed E-state index contributed by atoms with van der Waals surface area (Å²) >= 11 is 6.02. The highest BCUT2D eigenvalue weighted by atomic mass is 35.5. The summed E-state index contributed by atoms with van der Waals surface area (Å²) in [6.07, 6.45) is 6.52. The summed E-state index contributed by atoms with van der Waals surface area (Å²) in [7, 11) is 1.62. The SMILES string of the molecule is CCCCCc1ccc(-c2cc(Cl)cnc2OC)cc1. The van der Waals surface area contributed by atoms with E-state index in [1.54, 1.807) is 13.3 Å². The minimum Gasteiger partial charge on any atom is -0.481 e. The molecule has 1 aromatic carbocycles. The summed E-state index contributed by atoms with van der Waals surface area (Å²) in [6.45, 7) is 2.22. The summed E-state index contributed by atoms with van der Waals surface area (Å²) in [5.41, 5.74) is 3.38. The molecule has 106 valence electrons. The predicted molar refractivity (Wildman–Crippen MR) is 84.5 cm³/mol. The van der Waals surface area contributed by atoms with Gasteiger partial charge in [0.2, 0.25) is 5.88 Å². The summed E-state index contributed by atoms with van der Waals surface area (Å²) in [5.74, 6) is 0.605. The molecular formula is C17H20ClNO. The molecule has 0 N–H and O–H groups in total. The number of hydrogen-bond donors (Lipinski definition) is 0. The van der Waals surface area contributed by atoms with Gasteiger partial charge in [0.15, 0.2) is 0 Å². The van der Waals surface area contributed by atoms with Gasteiger partial charge in [-0.3, -0.25) is 0 Å². The maximum atomic E-state index is 6.02. The molecule has 0 amide bonds. The molecule has 3 heteroatoms. The molecule has 0 unspecified atom stereocenters. The van der Waals surface area contributed by atoms with Crippen LogP contribution in [0.4, 0.5) is 0 Å². The average molecular weight is 290 g/mol. The van der Waals surface area contributed by atoms with E-state index in [-0.39, 0.29) is 0 Å². The summed E-state index contributed by atoms with van der Waals surface area (Å²) in [5, 5.41) is 0.618. The molecular weight excluding hydrogens is 270 g/mol. The number of halogens is 1. The Morgan fingerprint density at radius 1 is 1.15 bits per heavy atom. The van der Waals surface area contributed by atoms with Gasteiger partial charge in [-0.15, -0.1) is 0 Å². The van der Waals surface area contributed by atoms with Crippen LogP contribution in [0.15, 0.2) is 36.5 Å². The molecule has 0 aliphatic rings. The van der Waals surface area contributed by atoms with E-state index in [0.29, 0.717) is 10.9 Å². The van der Waals surface area contributed by atoms with Crippen molar-refractivity contribution in [1.29, 1.82) is 0 Å². The van der Waals surface area contributed by atoms with Crippen molar-refractivity contribution in [3.8, 4) is 17.0 Å². The highest BCUT2D eigenvalue weighted by Crippen LogP contribution is 2.30. The van der Waals surface area contributed by atoms with Crippen molar-refractivity contribution in [2.75, 3.05) is 7.11 Å². The van der Waals surface area contributed by atoms with Crippen LogP contribution in [-0.2, 0) is 6.42 Å². The van der Waals surface area contributed by atoms with Gasteiger partial charge in [0.05, 0.1) is 12.1 Å². The Kier molecular flexibility index (Phi) is 5.42. The van der Waals surface area contributed by atoms with E-state index in [1.807, 2.05) is 6.07 Å². The number of ether oxygens (including phenoxy) is 1. The van der Waals surface area contributed by atoms with Gasteiger partial charge in [-0.1, -0.05) is 55.6 Å². The molecule has 0 spiro atoms. The second kappa shape index (κ2) is 7.30. The predicted octanol–water partition coefficient (Wildman–Crippen LogP) is 5.14. The van der Waals surface area contributed by atoms with Crippen molar-refractivity contribution < 1.29 is 4.74 Å². The number of pyridine rings is 1. The molecule has 0 aliphatic heterocycles. The van der Waals surface area contributed by atoms with E-state index in [1.165, 1.54) is 24.8 Å². The number of nitrogens with zero attached hydrogens (tertiary/aromatic N) is 1. The van der Waals surface area contributed by atoms with E-state index in [2.05, 4.69) is 36.2 Å². The molecule has 0 saturated carbocycles. The Bertz CT molecular complexity index is 551. The number of rotatable bonds is 6. The monoisotopic (exact) mass is 289 g/mol. The molecule has 2 rings (SSSR count). The Balaban J connectivity index is 2.19. The van der Waals surface area contributed by atoms with Crippen molar-refractivity contribution in [3.63, 3.8) is 0 Å². The zero-order chi connectivity index (χ0) is 14.4. The summed E-state index contributed by atoms with van der Waals surface area (Å²) in [4.78, 5) is 4.20. The largest absolute Gasteiger partial charge is 0.481 e. The first kappa shape index (κ1) is 14.9. The van der Waals surface area contributed by atoms with Crippen LogP contribution in [0.25, 0.3) is 11.1 Å². The molecule has 1 aromatic heterocycles. The van der Waals surface area contributed by atoms with Crippen molar-refractivity contribution in [3.05, 3.63) is 47.1 Å². The lowest BCUT2D eigenvalue weighted by Crippen LogP contribution is -1.92. The fourth-order valence-electron chi connectivity index (χ4n) is 2.23. The maximum Gasteiger partial charge on any atom is 0.221 e. The number of hydrogen-bond acceptors (Lipinski definition) is 2. The topological polar surface area (TPSA) is 22.1 Å². The second-order valence-electron chi connectivity index (χ2n) is 4.86. The van der Waals surface area contributed by atoms with Crippen LogP contribution in [0, 0.1) is 0 Å². The van der Waals surface area contributed by atoms with Gasteiger partial charge in [-0.2, -0.15) is 0 Å². The minimum atomic E-state index is 0.605. The van der Waals surface area contributed by atoms with Crippen molar-refractivity contribution in [2.45, 2.75) is 32.6 Å². The Hall–Kier alpha value is -1.54. The Labute approximate surface area is 125 Å². The van der Waals surface area contributed by atoms with E-state index < -0.39 is 0 Å². The van der Waals surface area contributed by atoms with Gasteiger partial charge in [0.25, 0.3) is 0 Å². The van der Waals surface area contributed by atoms with Crippen LogP contribution < -0.4 is 4.74 Å². The van der Waals surface area contributed by atoms with Crippen LogP contribution in [-0.4, -0.2) is 12.1 Å². The van der Waals surface area contributed by atoms with Crippen molar-refractivity contribution in [2.24, 2.45) is 0 Å². The van der Waals surface area contributed by atoms with Crippen LogP contribution in [0.2, 0.25) is 5.02 Å². The average Bonchev–Trinajstić information content (AvgIpc) is 2.48. The first-order valence-electron chi connectivity index (χ1n) is 7.03. The summed E-state index contributed by atoms with van der Waals surface area (Å²) in [6, 6.07) is 10.4. The molecule has 0 radical (unpaired) electrons. The highest BCUT2D eigenvalue weighted by molar-refractivity contribution is 6.30. The van der Waals surface area contributed by atoms with E-state index in [4.69, 9.17) is 16.3 Å². The number of benzene rings is 1. The van der Waals surface area contributed by atoms with Gasteiger partial charge in [0.1, 0.15) is 0 Å². The molecule has 0 aliphatic carbocycles. The minimum absolute atomic E-state index is 0.605. The van der Waals surface area contributed by atoms with E-state index in [0.717, 1.165) is 17.5 Å². The molecule has 2 aromatic rings. The molecule has 20 heavy (non-hydrogen) atoms. The Morgan fingerprint density at radius 2 is 1.90 bits per heavy atom. The van der Waals surface area contributed by atoms with Gasteiger partial charge in [-0.05, 0) is 30.0 Å². The second-order valence-corrected chi connectivity index (χ2v) is 5.30.